The SMILES string of the molecule is C=CCn1c(SCC(=O)Nc2cccc(Cl)c2)nnc1[C@H](CC(C)C)NC(=O)c1ccc(Cl)cc1Cl. The summed E-state index contributed by atoms with van der Waals surface area (Å²) in [5.74, 6) is 0.389. The largest absolute Gasteiger partial charge is 0.342 e. The molecule has 3 rings (SSSR count). The summed E-state index contributed by atoms with van der Waals surface area (Å²) in [6.45, 7) is 8.35. The summed E-state index contributed by atoms with van der Waals surface area (Å²) in [7, 11) is 0. The first-order valence-corrected chi connectivity index (χ1v) is 13.3. The van der Waals surface area contributed by atoms with Crippen molar-refractivity contribution in [1.82, 2.24) is 20.1 Å². The van der Waals surface area contributed by atoms with Gasteiger partial charge in [-0.25, -0.2) is 0 Å². The Bertz CT molecular complexity index is 1250. The summed E-state index contributed by atoms with van der Waals surface area (Å²) in [5.41, 5.74) is 0.929. The number of nitrogens with one attached hydrogen (secondary N) is 2. The van der Waals surface area contributed by atoms with Crippen LogP contribution in [0.2, 0.25) is 15.1 Å². The topological polar surface area (TPSA) is 88.9 Å². The molecule has 11 heteroatoms. The molecule has 2 amide bonds. The van der Waals surface area contributed by atoms with Gasteiger partial charge in [-0.05, 0) is 48.7 Å². The number of nitrogens with zero attached hydrogens (tertiary/aromatic N) is 3. The third-order valence-electron chi connectivity index (χ3n) is 5.00. The van der Waals surface area contributed by atoms with Crippen LogP contribution in [0.5, 0.6) is 0 Å². The summed E-state index contributed by atoms with van der Waals surface area (Å²) in [6.07, 6.45) is 2.33. The lowest BCUT2D eigenvalue weighted by Crippen LogP contribution is -2.32. The van der Waals surface area contributed by atoms with Gasteiger partial charge in [-0.3, -0.25) is 9.59 Å². The minimum Gasteiger partial charge on any atom is -0.342 e. The van der Waals surface area contributed by atoms with Crippen molar-refractivity contribution < 1.29 is 9.59 Å². The van der Waals surface area contributed by atoms with Crippen molar-refractivity contribution in [2.24, 2.45) is 5.92 Å². The molecule has 0 spiro atoms. The molecule has 0 aliphatic heterocycles. The molecule has 0 unspecified atom stereocenters. The lowest BCUT2D eigenvalue weighted by atomic mass is 10.0. The number of allylic oxidation sites excluding steroid dienone is 1. The molecule has 2 N–H and O–H groups in total. The van der Waals surface area contributed by atoms with E-state index in [1.165, 1.54) is 17.8 Å². The Labute approximate surface area is 229 Å². The second kappa shape index (κ2) is 13.1. The molecule has 0 aliphatic rings. The molecule has 0 saturated carbocycles. The van der Waals surface area contributed by atoms with Crippen LogP contribution in [0.1, 0.15) is 42.5 Å². The Balaban J connectivity index is 1.78. The molecular weight excluding hydrogens is 541 g/mol. The van der Waals surface area contributed by atoms with Gasteiger partial charge in [0, 0.05) is 22.3 Å². The van der Waals surface area contributed by atoms with Crippen LogP contribution in [0, 0.1) is 5.92 Å². The summed E-state index contributed by atoms with van der Waals surface area (Å²) < 4.78 is 1.85. The molecule has 7 nitrogen and oxygen atoms in total. The lowest BCUT2D eigenvalue weighted by molar-refractivity contribution is -0.113. The second-order valence-electron chi connectivity index (χ2n) is 8.37. The van der Waals surface area contributed by atoms with Gasteiger partial charge in [0.1, 0.15) is 0 Å². The molecule has 0 radical (unpaired) electrons. The zero-order valence-corrected chi connectivity index (χ0v) is 22.9. The first kappa shape index (κ1) is 28.1. The number of carbonyl (C=O) groups excluding carboxylic acids is 2. The third kappa shape index (κ3) is 7.74. The molecule has 0 saturated heterocycles. The number of anilines is 1. The third-order valence-corrected chi connectivity index (χ3v) is 6.75. The van der Waals surface area contributed by atoms with Crippen molar-refractivity contribution in [3.8, 4) is 0 Å². The predicted molar refractivity (Wildman–Crippen MR) is 147 cm³/mol. The summed E-state index contributed by atoms with van der Waals surface area (Å²) in [4.78, 5) is 25.5. The quantitative estimate of drug-likeness (QED) is 0.200. The standard InChI is InChI=1S/C25H26Cl3N5O2S/c1-4-10-33-23(21(11-15(2)3)30-24(35)19-9-8-17(27)13-20(19)28)31-32-25(33)36-14-22(34)29-18-7-5-6-16(26)12-18/h4-9,12-13,15,21H,1,10-11,14H2,2-3H3,(H,29,34)(H,30,35)/t21-/m0/s1. The van der Waals surface area contributed by atoms with E-state index < -0.39 is 6.04 Å². The number of halogens is 3. The fourth-order valence-corrected chi connectivity index (χ4v) is 4.91. The van der Waals surface area contributed by atoms with E-state index >= 15 is 0 Å². The predicted octanol–water partition coefficient (Wildman–Crippen LogP) is 6.67. The number of benzene rings is 2. The lowest BCUT2D eigenvalue weighted by Gasteiger charge is -2.21. The molecule has 1 aromatic heterocycles. The van der Waals surface area contributed by atoms with Crippen molar-refractivity contribution in [2.75, 3.05) is 11.1 Å². The van der Waals surface area contributed by atoms with Crippen LogP contribution in [0.25, 0.3) is 0 Å². The van der Waals surface area contributed by atoms with Crippen molar-refractivity contribution in [3.63, 3.8) is 0 Å². The Morgan fingerprint density at radius 3 is 2.53 bits per heavy atom. The maximum atomic E-state index is 13.0. The summed E-state index contributed by atoms with van der Waals surface area (Å²) in [6, 6.07) is 11.2. The molecule has 1 heterocycles. The van der Waals surface area contributed by atoms with Gasteiger partial charge in [-0.2, -0.15) is 0 Å². The van der Waals surface area contributed by atoms with Gasteiger partial charge in [0.05, 0.1) is 22.4 Å². The van der Waals surface area contributed by atoms with E-state index in [4.69, 9.17) is 34.8 Å². The number of rotatable bonds is 11. The van der Waals surface area contributed by atoms with Gasteiger partial charge in [0.25, 0.3) is 5.91 Å². The van der Waals surface area contributed by atoms with Crippen molar-refractivity contribution in [1.29, 1.82) is 0 Å². The van der Waals surface area contributed by atoms with E-state index in [2.05, 4.69) is 41.3 Å². The van der Waals surface area contributed by atoms with Crippen LogP contribution in [0.15, 0.2) is 60.3 Å². The van der Waals surface area contributed by atoms with Crippen LogP contribution >= 0.6 is 46.6 Å². The Morgan fingerprint density at radius 2 is 1.86 bits per heavy atom. The van der Waals surface area contributed by atoms with E-state index in [1.807, 2.05) is 4.57 Å². The smallest absolute Gasteiger partial charge is 0.253 e. The van der Waals surface area contributed by atoms with Crippen molar-refractivity contribution in [2.45, 2.75) is 38.0 Å². The molecule has 0 aliphatic carbocycles. The highest BCUT2D eigenvalue weighted by Crippen LogP contribution is 2.27. The minimum absolute atomic E-state index is 0.114. The van der Waals surface area contributed by atoms with Gasteiger partial charge in [-0.15, -0.1) is 16.8 Å². The van der Waals surface area contributed by atoms with Gasteiger partial charge < -0.3 is 15.2 Å². The van der Waals surface area contributed by atoms with Crippen LogP contribution in [-0.4, -0.2) is 32.3 Å². The molecule has 190 valence electrons. The van der Waals surface area contributed by atoms with Gasteiger partial charge in [-0.1, -0.05) is 72.6 Å². The summed E-state index contributed by atoms with van der Waals surface area (Å²) >= 11 is 19.4. The number of hydrogen-bond donors (Lipinski definition) is 2. The molecule has 2 aromatic carbocycles. The van der Waals surface area contributed by atoms with Crippen molar-refractivity contribution in [3.05, 3.63) is 81.6 Å². The zero-order valence-electron chi connectivity index (χ0n) is 19.8. The number of aromatic nitrogens is 3. The maximum absolute atomic E-state index is 13.0. The van der Waals surface area contributed by atoms with Gasteiger partial charge >= 0.3 is 0 Å². The fraction of sp³-hybridized carbons (Fsp3) is 0.280. The first-order valence-electron chi connectivity index (χ1n) is 11.2. The van der Waals surface area contributed by atoms with Gasteiger partial charge in [0.2, 0.25) is 5.91 Å². The normalized spacial score (nSPS) is 11.8. The molecule has 0 bridgehead atoms. The Kier molecular flexibility index (Phi) is 10.2. The molecule has 0 fully saturated rings. The second-order valence-corrected chi connectivity index (χ2v) is 10.6. The molecule has 3 aromatic rings. The first-order chi connectivity index (χ1) is 17.2. The Hall–Kier alpha value is -2.52. The molecular formula is C25H26Cl3N5O2S. The van der Waals surface area contributed by atoms with E-state index in [9.17, 15) is 9.59 Å². The number of hydrogen-bond acceptors (Lipinski definition) is 5. The number of carbonyl (C=O) groups is 2. The number of amides is 2. The highest BCUT2D eigenvalue weighted by Gasteiger charge is 2.25. The van der Waals surface area contributed by atoms with Crippen LogP contribution in [0.4, 0.5) is 5.69 Å². The number of thioether (sulfide) groups is 1. The molecule has 36 heavy (non-hydrogen) atoms. The average Bonchev–Trinajstić information content (AvgIpc) is 3.19. The summed E-state index contributed by atoms with van der Waals surface area (Å²) in [5, 5.41) is 16.3. The van der Waals surface area contributed by atoms with E-state index in [1.54, 1.807) is 42.5 Å². The highest BCUT2D eigenvalue weighted by molar-refractivity contribution is 7.99. The van der Waals surface area contributed by atoms with Crippen LogP contribution < -0.4 is 10.6 Å². The van der Waals surface area contributed by atoms with Crippen molar-refractivity contribution >= 4 is 64.1 Å². The minimum atomic E-state index is -0.439. The van der Waals surface area contributed by atoms with Crippen LogP contribution in [0.3, 0.4) is 0 Å². The average molecular weight is 567 g/mol. The fourth-order valence-electron chi connectivity index (χ4n) is 3.47. The van der Waals surface area contributed by atoms with E-state index in [0.29, 0.717) is 45.2 Å². The maximum Gasteiger partial charge on any atom is 0.253 e. The Morgan fingerprint density at radius 1 is 1.11 bits per heavy atom. The molecule has 1 atom stereocenters. The zero-order chi connectivity index (χ0) is 26.2. The van der Waals surface area contributed by atoms with Crippen LogP contribution in [-0.2, 0) is 11.3 Å². The van der Waals surface area contributed by atoms with E-state index in [-0.39, 0.29) is 28.5 Å². The van der Waals surface area contributed by atoms with Gasteiger partial charge in [0.15, 0.2) is 11.0 Å². The highest BCUT2D eigenvalue weighted by atomic mass is 35.5. The monoisotopic (exact) mass is 565 g/mol. The van der Waals surface area contributed by atoms with E-state index in [0.717, 1.165) is 0 Å².